The van der Waals surface area contributed by atoms with Gasteiger partial charge in [-0.2, -0.15) is 0 Å². The van der Waals surface area contributed by atoms with Crippen LogP contribution in [0.3, 0.4) is 0 Å². The van der Waals surface area contributed by atoms with Crippen LogP contribution in [0.1, 0.15) is 15.4 Å². The van der Waals surface area contributed by atoms with Crippen LogP contribution in [0.5, 0.6) is 0 Å². The van der Waals surface area contributed by atoms with Crippen LogP contribution in [0.15, 0.2) is 40.7 Å². The molecular formula is C15H12N6O3S. The standard InChI is InChI=1S/C15H12N6O3S/c1-24-7-9-12(18-19-15-16-6-11(25-15)14(22)23)13-17-8-4-2-3-5-10(8)21(13)20-9/h2-6,20H,7H2,1H3,(H,22,23). The van der Waals surface area contributed by atoms with E-state index in [1.165, 1.54) is 6.20 Å². The van der Waals surface area contributed by atoms with E-state index in [1.807, 2.05) is 28.8 Å². The van der Waals surface area contributed by atoms with Gasteiger partial charge in [0.05, 0.1) is 29.5 Å². The molecule has 25 heavy (non-hydrogen) atoms. The number of aromatic nitrogens is 4. The molecule has 0 saturated heterocycles. The van der Waals surface area contributed by atoms with Crippen LogP contribution in [0.2, 0.25) is 0 Å². The van der Waals surface area contributed by atoms with Crippen molar-refractivity contribution in [1.82, 2.24) is 19.6 Å². The quantitative estimate of drug-likeness (QED) is 0.530. The molecule has 3 aromatic heterocycles. The molecule has 0 fully saturated rings. The normalized spacial score (nSPS) is 11.9. The Morgan fingerprint density at radius 2 is 2.24 bits per heavy atom. The Labute approximate surface area is 144 Å². The minimum Gasteiger partial charge on any atom is -0.477 e. The molecule has 10 heteroatoms. The number of azo groups is 1. The molecule has 0 radical (unpaired) electrons. The zero-order valence-corrected chi connectivity index (χ0v) is 13.8. The summed E-state index contributed by atoms with van der Waals surface area (Å²) in [7, 11) is 1.59. The number of ether oxygens (including phenoxy) is 1. The Hall–Kier alpha value is -3.11. The summed E-state index contributed by atoms with van der Waals surface area (Å²) in [5, 5.41) is 20.7. The molecule has 0 spiro atoms. The molecule has 0 aliphatic heterocycles. The van der Waals surface area contributed by atoms with E-state index in [2.05, 4.69) is 25.3 Å². The van der Waals surface area contributed by atoms with E-state index < -0.39 is 5.97 Å². The summed E-state index contributed by atoms with van der Waals surface area (Å²) in [6.07, 6.45) is 1.26. The number of carboxylic acids is 1. The molecule has 0 bridgehead atoms. The number of hydrogen-bond donors (Lipinski definition) is 2. The minimum absolute atomic E-state index is 0.108. The van der Waals surface area contributed by atoms with E-state index in [0.717, 1.165) is 28.1 Å². The summed E-state index contributed by atoms with van der Waals surface area (Å²) in [6.45, 7) is 0.310. The molecule has 0 aliphatic rings. The van der Waals surface area contributed by atoms with Crippen molar-refractivity contribution < 1.29 is 14.6 Å². The number of carboxylic acid groups (broad SMARTS) is 1. The highest BCUT2D eigenvalue weighted by molar-refractivity contribution is 7.17. The Kier molecular flexibility index (Phi) is 3.75. The lowest BCUT2D eigenvalue weighted by Gasteiger charge is -1.96. The Bertz CT molecular complexity index is 1110. The molecule has 9 nitrogen and oxygen atoms in total. The van der Waals surface area contributed by atoms with Crippen molar-refractivity contribution in [1.29, 1.82) is 0 Å². The molecule has 4 rings (SSSR count). The van der Waals surface area contributed by atoms with Gasteiger partial charge in [-0.15, -0.1) is 10.2 Å². The van der Waals surface area contributed by atoms with E-state index >= 15 is 0 Å². The third-order valence-electron chi connectivity index (χ3n) is 3.53. The number of imidazole rings is 1. The minimum atomic E-state index is -1.04. The summed E-state index contributed by atoms with van der Waals surface area (Å²) >= 11 is 0.953. The molecule has 0 saturated carbocycles. The Morgan fingerprint density at radius 1 is 1.40 bits per heavy atom. The summed E-state index contributed by atoms with van der Waals surface area (Å²) < 4.78 is 7.02. The van der Waals surface area contributed by atoms with Crippen molar-refractivity contribution in [3.05, 3.63) is 41.0 Å². The summed E-state index contributed by atoms with van der Waals surface area (Å²) in [6, 6.07) is 7.70. The second-order valence-corrected chi connectivity index (χ2v) is 6.15. The van der Waals surface area contributed by atoms with Crippen molar-refractivity contribution in [2.75, 3.05) is 7.11 Å². The van der Waals surface area contributed by atoms with E-state index in [1.54, 1.807) is 7.11 Å². The van der Waals surface area contributed by atoms with Crippen LogP contribution in [-0.2, 0) is 11.3 Å². The number of methoxy groups -OCH3 is 1. The highest BCUT2D eigenvalue weighted by atomic mass is 32.1. The van der Waals surface area contributed by atoms with E-state index in [0.29, 0.717) is 17.9 Å². The third-order valence-corrected chi connectivity index (χ3v) is 4.40. The fourth-order valence-electron chi connectivity index (χ4n) is 2.47. The predicted molar refractivity (Wildman–Crippen MR) is 91.0 cm³/mol. The first-order chi connectivity index (χ1) is 12.2. The highest BCUT2D eigenvalue weighted by Crippen LogP contribution is 2.31. The highest BCUT2D eigenvalue weighted by Gasteiger charge is 2.16. The fraction of sp³-hybridized carbons (Fsp3) is 0.133. The van der Waals surface area contributed by atoms with Crippen LogP contribution in [0.4, 0.5) is 10.8 Å². The number of fused-ring (bicyclic) bond motifs is 3. The molecule has 1 aromatic carbocycles. The number of carbonyl (C=O) groups is 1. The van der Waals surface area contributed by atoms with Crippen LogP contribution in [0.25, 0.3) is 16.7 Å². The maximum absolute atomic E-state index is 10.9. The largest absolute Gasteiger partial charge is 0.477 e. The van der Waals surface area contributed by atoms with Gasteiger partial charge in [0.25, 0.3) is 0 Å². The van der Waals surface area contributed by atoms with Crippen LogP contribution in [-0.4, -0.2) is 37.8 Å². The van der Waals surface area contributed by atoms with E-state index in [-0.39, 0.29) is 10.0 Å². The lowest BCUT2D eigenvalue weighted by Crippen LogP contribution is -1.90. The number of nitrogens with one attached hydrogen (secondary N) is 1. The molecule has 126 valence electrons. The second kappa shape index (κ2) is 6.07. The molecule has 0 unspecified atom stereocenters. The third kappa shape index (κ3) is 2.66. The first-order valence-electron chi connectivity index (χ1n) is 7.25. The van der Waals surface area contributed by atoms with Crippen LogP contribution >= 0.6 is 11.3 Å². The lowest BCUT2D eigenvalue weighted by molar-refractivity contribution is 0.0702. The number of H-pyrrole nitrogens is 1. The van der Waals surface area contributed by atoms with Crippen LogP contribution in [0, 0.1) is 0 Å². The molecule has 4 aromatic rings. The number of aromatic carboxylic acids is 1. The van der Waals surface area contributed by atoms with Crippen molar-refractivity contribution in [3.8, 4) is 0 Å². The number of aromatic amines is 1. The maximum atomic E-state index is 10.9. The summed E-state index contributed by atoms with van der Waals surface area (Å²) in [4.78, 5) is 19.6. The summed E-state index contributed by atoms with van der Waals surface area (Å²) in [5.41, 5.74) is 3.61. The van der Waals surface area contributed by atoms with Gasteiger partial charge in [-0.1, -0.05) is 23.5 Å². The van der Waals surface area contributed by atoms with Gasteiger partial charge in [0.15, 0.2) is 11.3 Å². The molecule has 2 N–H and O–H groups in total. The van der Waals surface area contributed by atoms with Gasteiger partial charge in [0, 0.05) is 7.11 Å². The van der Waals surface area contributed by atoms with Crippen molar-refractivity contribution in [3.63, 3.8) is 0 Å². The van der Waals surface area contributed by atoms with Gasteiger partial charge in [-0.3, -0.25) is 5.10 Å². The van der Waals surface area contributed by atoms with Crippen molar-refractivity contribution in [2.45, 2.75) is 6.61 Å². The topological polar surface area (TPSA) is 117 Å². The zero-order valence-electron chi connectivity index (χ0n) is 13.0. The van der Waals surface area contributed by atoms with Crippen molar-refractivity contribution >= 4 is 44.8 Å². The van der Waals surface area contributed by atoms with E-state index in [9.17, 15) is 4.79 Å². The number of para-hydroxylation sites is 2. The lowest BCUT2D eigenvalue weighted by atomic mass is 10.3. The first-order valence-corrected chi connectivity index (χ1v) is 8.07. The zero-order chi connectivity index (χ0) is 17.4. The fourth-order valence-corrected chi connectivity index (χ4v) is 3.05. The number of benzene rings is 1. The van der Waals surface area contributed by atoms with Crippen LogP contribution < -0.4 is 0 Å². The van der Waals surface area contributed by atoms with Gasteiger partial charge in [0.1, 0.15) is 4.88 Å². The Balaban J connectivity index is 1.81. The van der Waals surface area contributed by atoms with Gasteiger partial charge < -0.3 is 9.84 Å². The smallest absolute Gasteiger partial charge is 0.347 e. The SMILES string of the molecule is COCc1[nH]n2c(nc3ccccc32)c1N=Nc1ncc(C(=O)O)s1. The molecule has 0 atom stereocenters. The molecule has 3 heterocycles. The van der Waals surface area contributed by atoms with Gasteiger partial charge >= 0.3 is 5.97 Å². The maximum Gasteiger partial charge on any atom is 0.347 e. The predicted octanol–water partition coefficient (Wildman–Crippen LogP) is 3.53. The monoisotopic (exact) mass is 356 g/mol. The van der Waals surface area contributed by atoms with Gasteiger partial charge in [-0.05, 0) is 12.1 Å². The average molecular weight is 356 g/mol. The average Bonchev–Trinajstić information content (AvgIpc) is 3.27. The first kappa shape index (κ1) is 15.4. The Morgan fingerprint density at radius 3 is 3.00 bits per heavy atom. The summed E-state index contributed by atoms with van der Waals surface area (Å²) in [5.74, 6) is -1.04. The molecule has 0 aliphatic carbocycles. The molecular weight excluding hydrogens is 344 g/mol. The number of nitrogens with zero attached hydrogens (tertiary/aromatic N) is 5. The van der Waals surface area contributed by atoms with Gasteiger partial charge in [-0.25, -0.2) is 19.3 Å². The van der Waals surface area contributed by atoms with E-state index in [4.69, 9.17) is 9.84 Å². The van der Waals surface area contributed by atoms with Gasteiger partial charge in [0.2, 0.25) is 5.13 Å². The second-order valence-electron chi connectivity index (χ2n) is 5.14. The number of rotatable bonds is 5. The molecule has 0 amide bonds. The number of hydrogen-bond acceptors (Lipinski definition) is 7. The van der Waals surface area contributed by atoms with Crippen molar-refractivity contribution in [2.24, 2.45) is 10.2 Å². The number of thiazole rings is 1.